The van der Waals surface area contributed by atoms with E-state index >= 15 is 0 Å². The molecule has 17 heavy (non-hydrogen) atoms. The standard InChI is InChI=1S/C13H7Cl2FO/c14-11-4-9(5-12(16)6-11)8-1-2-13(15)10(3-8)7-17/h1-7H. The average Bonchev–Trinajstić information content (AvgIpc) is 2.28. The predicted octanol–water partition coefficient (Wildman–Crippen LogP) is 4.61. The summed E-state index contributed by atoms with van der Waals surface area (Å²) in [5.41, 5.74) is 1.66. The molecular weight excluding hydrogens is 262 g/mol. The van der Waals surface area contributed by atoms with E-state index in [1.807, 2.05) is 0 Å². The van der Waals surface area contributed by atoms with Gasteiger partial charge in [0.1, 0.15) is 5.82 Å². The second-order valence-corrected chi connectivity index (χ2v) is 4.36. The van der Waals surface area contributed by atoms with Gasteiger partial charge >= 0.3 is 0 Å². The number of hydrogen-bond acceptors (Lipinski definition) is 1. The molecule has 0 unspecified atom stereocenters. The minimum absolute atomic E-state index is 0.308. The summed E-state index contributed by atoms with van der Waals surface area (Å²) < 4.78 is 13.2. The zero-order valence-electron chi connectivity index (χ0n) is 8.58. The van der Waals surface area contributed by atoms with Gasteiger partial charge in [-0.3, -0.25) is 4.79 Å². The Bertz CT molecular complexity index is 561. The Morgan fingerprint density at radius 1 is 1.00 bits per heavy atom. The van der Waals surface area contributed by atoms with Gasteiger partial charge in [0.05, 0.1) is 5.02 Å². The quantitative estimate of drug-likeness (QED) is 0.727. The molecule has 0 aliphatic carbocycles. The number of rotatable bonds is 2. The topological polar surface area (TPSA) is 17.1 Å². The van der Waals surface area contributed by atoms with E-state index < -0.39 is 5.82 Å². The fourth-order valence-electron chi connectivity index (χ4n) is 1.53. The van der Waals surface area contributed by atoms with Crippen LogP contribution in [0.2, 0.25) is 10.0 Å². The summed E-state index contributed by atoms with van der Waals surface area (Å²) in [4.78, 5) is 10.8. The lowest BCUT2D eigenvalue weighted by Gasteiger charge is -2.05. The summed E-state index contributed by atoms with van der Waals surface area (Å²) in [6, 6.07) is 9.11. The van der Waals surface area contributed by atoms with Crippen LogP contribution in [0.4, 0.5) is 4.39 Å². The molecule has 0 aromatic heterocycles. The summed E-state index contributed by atoms with van der Waals surface area (Å²) in [7, 11) is 0. The van der Waals surface area contributed by atoms with E-state index in [2.05, 4.69) is 0 Å². The van der Waals surface area contributed by atoms with Crippen molar-refractivity contribution in [3.63, 3.8) is 0 Å². The lowest BCUT2D eigenvalue weighted by molar-refractivity contribution is 0.112. The Morgan fingerprint density at radius 3 is 2.41 bits per heavy atom. The first-order chi connectivity index (χ1) is 8.10. The van der Waals surface area contributed by atoms with E-state index in [1.54, 1.807) is 24.3 Å². The maximum Gasteiger partial charge on any atom is 0.151 e. The molecule has 86 valence electrons. The number of halogens is 3. The Morgan fingerprint density at radius 2 is 1.76 bits per heavy atom. The number of aldehydes is 1. The van der Waals surface area contributed by atoms with Gasteiger partial charge in [0.25, 0.3) is 0 Å². The van der Waals surface area contributed by atoms with Crippen LogP contribution in [-0.4, -0.2) is 6.29 Å². The lowest BCUT2D eigenvalue weighted by Crippen LogP contribution is -1.86. The molecule has 0 radical (unpaired) electrons. The summed E-state index contributed by atoms with van der Waals surface area (Å²) >= 11 is 11.6. The molecule has 0 heterocycles. The highest BCUT2D eigenvalue weighted by Gasteiger charge is 2.05. The number of carbonyl (C=O) groups is 1. The highest BCUT2D eigenvalue weighted by Crippen LogP contribution is 2.27. The molecule has 0 saturated heterocycles. The van der Waals surface area contributed by atoms with Crippen molar-refractivity contribution in [3.8, 4) is 11.1 Å². The number of carbonyl (C=O) groups excluding carboxylic acids is 1. The molecule has 0 N–H and O–H groups in total. The van der Waals surface area contributed by atoms with Gasteiger partial charge < -0.3 is 0 Å². The van der Waals surface area contributed by atoms with Crippen molar-refractivity contribution in [2.24, 2.45) is 0 Å². The van der Waals surface area contributed by atoms with Crippen LogP contribution in [0.5, 0.6) is 0 Å². The fraction of sp³-hybridized carbons (Fsp3) is 0. The lowest BCUT2D eigenvalue weighted by atomic mass is 10.0. The normalized spacial score (nSPS) is 10.3. The van der Waals surface area contributed by atoms with E-state index in [0.717, 1.165) is 0 Å². The van der Waals surface area contributed by atoms with Crippen LogP contribution in [0.25, 0.3) is 11.1 Å². The third kappa shape index (κ3) is 2.65. The van der Waals surface area contributed by atoms with Crippen LogP contribution in [0.1, 0.15) is 10.4 Å². The van der Waals surface area contributed by atoms with Crippen LogP contribution in [0.3, 0.4) is 0 Å². The summed E-state index contributed by atoms with van der Waals surface area (Å²) in [5, 5.41) is 0.675. The molecule has 0 spiro atoms. The third-order valence-corrected chi connectivity index (χ3v) is 2.88. The highest BCUT2D eigenvalue weighted by atomic mass is 35.5. The zero-order valence-corrected chi connectivity index (χ0v) is 10.1. The van der Waals surface area contributed by atoms with Crippen LogP contribution in [0, 0.1) is 5.82 Å². The van der Waals surface area contributed by atoms with Gasteiger partial charge in [-0.2, -0.15) is 0 Å². The van der Waals surface area contributed by atoms with Crippen molar-refractivity contribution >= 4 is 29.5 Å². The van der Waals surface area contributed by atoms with Crippen LogP contribution in [-0.2, 0) is 0 Å². The van der Waals surface area contributed by atoms with Crippen LogP contribution < -0.4 is 0 Å². The molecule has 0 saturated carbocycles. The summed E-state index contributed by atoms with van der Waals surface area (Å²) in [5.74, 6) is -0.421. The molecule has 4 heteroatoms. The van der Waals surface area contributed by atoms with Crippen molar-refractivity contribution in [2.45, 2.75) is 0 Å². The molecule has 2 rings (SSSR count). The van der Waals surface area contributed by atoms with Gasteiger partial charge in [-0.1, -0.05) is 29.3 Å². The van der Waals surface area contributed by atoms with E-state index in [-0.39, 0.29) is 0 Å². The van der Waals surface area contributed by atoms with Crippen LogP contribution in [0.15, 0.2) is 36.4 Å². The molecule has 0 bridgehead atoms. The molecule has 1 nitrogen and oxygen atoms in total. The molecule has 0 atom stereocenters. The first-order valence-electron chi connectivity index (χ1n) is 4.81. The van der Waals surface area contributed by atoms with Gasteiger partial charge in [-0.15, -0.1) is 0 Å². The van der Waals surface area contributed by atoms with E-state index in [4.69, 9.17) is 23.2 Å². The van der Waals surface area contributed by atoms with E-state index in [0.29, 0.717) is 33.0 Å². The maximum atomic E-state index is 13.2. The van der Waals surface area contributed by atoms with Gasteiger partial charge in [-0.05, 0) is 41.5 Å². The summed E-state index contributed by atoms with van der Waals surface area (Å²) in [6.45, 7) is 0. The highest BCUT2D eigenvalue weighted by molar-refractivity contribution is 6.33. The maximum absolute atomic E-state index is 13.2. The molecular formula is C13H7Cl2FO. The van der Waals surface area contributed by atoms with Gasteiger partial charge in [0.2, 0.25) is 0 Å². The monoisotopic (exact) mass is 268 g/mol. The number of benzene rings is 2. The molecule has 0 amide bonds. The zero-order chi connectivity index (χ0) is 12.4. The van der Waals surface area contributed by atoms with Crippen LogP contribution >= 0.6 is 23.2 Å². The Labute approximate surface area is 108 Å². The second kappa shape index (κ2) is 4.86. The van der Waals surface area contributed by atoms with Crippen molar-refractivity contribution in [1.82, 2.24) is 0 Å². The molecule has 0 aliphatic heterocycles. The van der Waals surface area contributed by atoms with Crippen molar-refractivity contribution in [1.29, 1.82) is 0 Å². The van der Waals surface area contributed by atoms with Crippen molar-refractivity contribution in [3.05, 3.63) is 57.8 Å². The third-order valence-electron chi connectivity index (χ3n) is 2.32. The van der Waals surface area contributed by atoms with E-state index in [1.165, 1.54) is 12.1 Å². The second-order valence-electron chi connectivity index (χ2n) is 3.51. The smallest absolute Gasteiger partial charge is 0.151 e. The molecule has 0 aliphatic rings. The first-order valence-corrected chi connectivity index (χ1v) is 5.57. The minimum Gasteiger partial charge on any atom is -0.298 e. The largest absolute Gasteiger partial charge is 0.298 e. The van der Waals surface area contributed by atoms with E-state index in [9.17, 15) is 9.18 Å². The fourth-order valence-corrected chi connectivity index (χ4v) is 1.92. The van der Waals surface area contributed by atoms with Gasteiger partial charge in [0.15, 0.2) is 6.29 Å². The van der Waals surface area contributed by atoms with Gasteiger partial charge in [-0.25, -0.2) is 4.39 Å². The molecule has 2 aromatic rings. The first kappa shape index (κ1) is 12.1. The Hall–Kier alpha value is -1.38. The SMILES string of the molecule is O=Cc1cc(-c2cc(F)cc(Cl)c2)ccc1Cl. The summed E-state index contributed by atoms with van der Waals surface area (Å²) in [6.07, 6.45) is 0.659. The molecule has 0 fully saturated rings. The van der Waals surface area contributed by atoms with Gasteiger partial charge in [0, 0.05) is 10.6 Å². The predicted molar refractivity (Wildman–Crippen MR) is 67.2 cm³/mol. The van der Waals surface area contributed by atoms with Crippen molar-refractivity contribution < 1.29 is 9.18 Å². The molecule has 2 aromatic carbocycles. The average molecular weight is 269 g/mol. The minimum atomic E-state index is -0.421. The van der Waals surface area contributed by atoms with Crippen molar-refractivity contribution in [2.75, 3.05) is 0 Å². The Balaban J connectivity index is 2.56. The Kier molecular flexibility index (Phi) is 3.46. The number of hydrogen-bond donors (Lipinski definition) is 0.